The van der Waals surface area contributed by atoms with Gasteiger partial charge in [-0.3, -0.25) is 0 Å². The summed E-state index contributed by atoms with van der Waals surface area (Å²) in [6, 6.07) is 36.2. The molecular formula is C36H39N3O5SSi. The van der Waals surface area contributed by atoms with Gasteiger partial charge >= 0.3 is 5.97 Å². The number of carbonyl (C=O) groups excluding carboxylic acids is 1. The Balaban J connectivity index is 1.54. The van der Waals surface area contributed by atoms with Crippen LogP contribution in [0, 0.1) is 0 Å². The largest absolute Gasteiger partial charge is 0.453 e. The zero-order chi connectivity index (χ0) is 32.7. The van der Waals surface area contributed by atoms with E-state index in [0.29, 0.717) is 11.1 Å². The van der Waals surface area contributed by atoms with Gasteiger partial charge in [0.2, 0.25) is 0 Å². The minimum Gasteiger partial charge on any atom is -0.453 e. The first-order valence-corrected chi connectivity index (χ1v) is 18.4. The normalized spacial score (nSPS) is 21.6. The van der Waals surface area contributed by atoms with Crippen LogP contribution in [-0.2, 0) is 13.9 Å². The smallest absolute Gasteiger partial charge is 0.339 e. The lowest BCUT2D eigenvalue weighted by Gasteiger charge is -2.46. The van der Waals surface area contributed by atoms with E-state index in [0.717, 1.165) is 15.9 Å². The topological polar surface area (TPSA) is 114 Å². The third-order valence-corrected chi connectivity index (χ3v) is 14.3. The molecule has 4 aromatic carbocycles. The Kier molecular flexibility index (Phi) is 10.7. The molecule has 10 heteroatoms. The summed E-state index contributed by atoms with van der Waals surface area (Å²) in [4.78, 5) is 16.8. The van der Waals surface area contributed by atoms with Gasteiger partial charge in [-0.2, -0.15) is 0 Å². The summed E-state index contributed by atoms with van der Waals surface area (Å²) in [7, 11) is -3.00. The number of esters is 1. The third kappa shape index (κ3) is 6.78. The van der Waals surface area contributed by atoms with Crippen LogP contribution < -0.4 is 10.4 Å². The Bertz CT molecular complexity index is 1610. The van der Waals surface area contributed by atoms with E-state index in [2.05, 4.69) is 55.1 Å². The number of aliphatic hydroxyl groups is 1. The van der Waals surface area contributed by atoms with Crippen LogP contribution in [0.3, 0.4) is 0 Å². The van der Waals surface area contributed by atoms with Gasteiger partial charge < -0.3 is 19.0 Å². The highest BCUT2D eigenvalue weighted by atomic mass is 32.2. The number of hydrogen-bond donors (Lipinski definition) is 1. The van der Waals surface area contributed by atoms with E-state index in [1.54, 1.807) is 12.1 Å². The predicted molar refractivity (Wildman–Crippen MR) is 186 cm³/mol. The first kappa shape index (κ1) is 33.5. The molecule has 0 radical (unpaired) electrons. The van der Waals surface area contributed by atoms with Crippen LogP contribution >= 0.6 is 11.8 Å². The molecule has 1 aliphatic rings. The molecule has 8 nitrogen and oxygen atoms in total. The monoisotopic (exact) mass is 653 g/mol. The van der Waals surface area contributed by atoms with Gasteiger partial charge in [0.05, 0.1) is 12.2 Å². The van der Waals surface area contributed by atoms with E-state index in [9.17, 15) is 15.4 Å². The molecule has 0 spiro atoms. The maximum absolute atomic E-state index is 13.9. The number of rotatable bonds is 10. The summed E-state index contributed by atoms with van der Waals surface area (Å²) in [6.45, 7) is 6.56. The molecule has 0 unspecified atom stereocenters. The van der Waals surface area contributed by atoms with E-state index in [4.69, 9.17) is 13.9 Å². The van der Waals surface area contributed by atoms with Gasteiger partial charge in [-0.25, -0.2) is 4.79 Å². The van der Waals surface area contributed by atoms with Crippen LogP contribution in [0.1, 0.15) is 31.1 Å². The second-order valence-corrected chi connectivity index (χ2v) is 17.5. The van der Waals surface area contributed by atoms with Crippen LogP contribution in [0.25, 0.3) is 21.6 Å². The molecule has 1 N–H and O–H groups in total. The lowest BCUT2D eigenvalue weighted by Crippen LogP contribution is -2.68. The number of azide groups is 1. The standard InChI is InChI=1S/C36H39N3O5SSi/c1-36(2,3)46(26-18-10-6-11-19-26,27-20-12-7-13-21-27)42-24-30-33(32(40)31(38-39-37)35(43-30)45-4)44-34(41)29-23-15-14-22-28(29)25-16-8-5-9-17-25/h5-23,30-33,35,40H,24H2,1-4H3/t30-,31-,32-,33-,35+/m1/s1. The Labute approximate surface area is 275 Å². The molecule has 5 rings (SSSR count). The minimum atomic E-state index is -3.00. The molecule has 1 saturated heterocycles. The molecule has 5 atom stereocenters. The molecular weight excluding hydrogens is 615 g/mol. The van der Waals surface area contributed by atoms with Crippen LogP contribution in [-0.4, -0.2) is 62.0 Å². The zero-order valence-electron chi connectivity index (χ0n) is 26.4. The van der Waals surface area contributed by atoms with Gasteiger partial charge in [0.25, 0.3) is 8.32 Å². The van der Waals surface area contributed by atoms with E-state index in [1.807, 2.05) is 85.1 Å². The molecule has 0 saturated carbocycles. The number of hydrogen-bond acceptors (Lipinski definition) is 7. The summed E-state index contributed by atoms with van der Waals surface area (Å²) in [6.07, 6.45) is -1.54. The highest BCUT2D eigenvalue weighted by Crippen LogP contribution is 2.38. The van der Waals surface area contributed by atoms with Crippen molar-refractivity contribution in [2.75, 3.05) is 12.9 Å². The zero-order valence-corrected chi connectivity index (χ0v) is 28.2. The van der Waals surface area contributed by atoms with Crippen LogP contribution in [0.2, 0.25) is 5.04 Å². The van der Waals surface area contributed by atoms with Crippen LogP contribution in [0.15, 0.2) is 120 Å². The van der Waals surface area contributed by atoms with E-state index in [-0.39, 0.29) is 11.6 Å². The minimum absolute atomic E-state index is 0.0304. The fourth-order valence-electron chi connectivity index (χ4n) is 6.25. The van der Waals surface area contributed by atoms with E-state index in [1.165, 1.54) is 11.8 Å². The highest BCUT2D eigenvalue weighted by molar-refractivity contribution is 7.99. The second-order valence-electron chi connectivity index (χ2n) is 12.2. The van der Waals surface area contributed by atoms with Gasteiger partial charge in [0, 0.05) is 4.91 Å². The van der Waals surface area contributed by atoms with Crippen molar-refractivity contribution in [2.24, 2.45) is 5.11 Å². The van der Waals surface area contributed by atoms with Crippen molar-refractivity contribution in [3.8, 4) is 11.1 Å². The molecule has 4 aromatic rings. The molecule has 0 aliphatic carbocycles. The maximum atomic E-state index is 13.9. The molecule has 1 aliphatic heterocycles. The molecule has 0 bridgehead atoms. The molecule has 1 heterocycles. The highest BCUT2D eigenvalue weighted by Gasteiger charge is 2.53. The van der Waals surface area contributed by atoms with Crippen molar-refractivity contribution in [3.05, 3.63) is 131 Å². The summed E-state index contributed by atoms with van der Waals surface area (Å²) in [5.74, 6) is -0.621. The fraction of sp³-hybridized carbons (Fsp3) is 0.306. The second kappa shape index (κ2) is 14.7. The van der Waals surface area contributed by atoms with Crippen molar-refractivity contribution in [1.82, 2.24) is 0 Å². The number of thioether (sulfide) groups is 1. The van der Waals surface area contributed by atoms with Crippen molar-refractivity contribution in [2.45, 2.75) is 55.6 Å². The summed E-state index contributed by atoms with van der Waals surface area (Å²) < 4.78 is 19.7. The first-order chi connectivity index (χ1) is 22.2. The summed E-state index contributed by atoms with van der Waals surface area (Å²) >= 11 is 1.32. The molecule has 0 aromatic heterocycles. The quantitative estimate of drug-likeness (QED) is 0.0680. The molecule has 46 heavy (non-hydrogen) atoms. The van der Waals surface area contributed by atoms with Crippen LogP contribution in [0.5, 0.6) is 0 Å². The number of benzene rings is 4. The number of ether oxygens (including phenoxy) is 2. The SMILES string of the molecule is CS[C@@H]1O[C@H](CO[Si](c2ccccc2)(c2ccccc2)C(C)(C)C)[C@@H](OC(=O)c2ccccc2-c2ccccc2)[C@H](O)[C@H]1N=[N+]=[N-]. The summed E-state index contributed by atoms with van der Waals surface area (Å²) in [5.41, 5.74) is 10.6. The van der Waals surface area contributed by atoms with E-state index >= 15 is 0 Å². The van der Waals surface area contributed by atoms with Crippen molar-refractivity contribution >= 4 is 36.4 Å². The number of nitrogens with zero attached hydrogens (tertiary/aromatic N) is 3. The number of aliphatic hydroxyl groups excluding tert-OH is 1. The van der Waals surface area contributed by atoms with Crippen LogP contribution in [0.4, 0.5) is 0 Å². The Hall–Kier alpha value is -3.89. The Morgan fingerprint density at radius 2 is 1.46 bits per heavy atom. The molecule has 238 valence electrons. The van der Waals surface area contributed by atoms with Gasteiger partial charge in [0.1, 0.15) is 23.7 Å². The fourth-order valence-corrected chi connectivity index (χ4v) is 11.6. The first-order valence-electron chi connectivity index (χ1n) is 15.2. The average Bonchev–Trinajstić information content (AvgIpc) is 3.08. The van der Waals surface area contributed by atoms with Gasteiger partial charge in [-0.1, -0.05) is 135 Å². The summed E-state index contributed by atoms with van der Waals surface area (Å²) in [5, 5.41) is 17.4. The predicted octanol–water partition coefficient (Wildman–Crippen LogP) is 6.58. The Morgan fingerprint density at radius 1 is 0.913 bits per heavy atom. The van der Waals surface area contributed by atoms with Crippen molar-refractivity contribution in [1.29, 1.82) is 0 Å². The van der Waals surface area contributed by atoms with Crippen molar-refractivity contribution < 1.29 is 23.8 Å². The van der Waals surface area contributed by atoms with Crippen molar-refractivity contribution in [3.63, 3.8) is 0 Å². The van der Waals surface area contributed by atoms with Gasteiger partial charge in [-0.15, -0.1) is 11.8 Å². The third-order valence-electron chi connectivity index (χ3n) is 8.41. The van der Waals surface area contributed by atoms with E-state index < -0.39 is 44.1 Å². The van der Waals surface area contributed by atoms with Gasteiger partial charge in [-0.05, 0) is 44.4 Å². The molecule has 1 fully saturated rings. The Morgan fingerprint density at radius 3 is 2.00 bits per heavy atom. The molecule has 0 amide bonds. The average molecular weight is 654 g/mol. The lowest BCUT2D eigenvalue weighted by atomic mass is 9.97. The maximum Gasteiger partial charge on any atom is 0.339 e. The van der Waals surface area contributed by atoms with Gasteiger partial charge in [0.15, 0.2) is 6.10 Å². The number of carbonyl (C=O) groups is 1. The lowest BCUT2D eigenvalue weighted by molar-refractivity contribution is -0.166.